The summed E-state index contributed by atoms with van der Waals surface area (Å²) in [4.78, 5) is 15.2. The van der Waals surface area contributed by atoms with E-state index in [-0.39, 0.29) is 5.75 Å². The summed E-state index contributed by atoms with van der Waals surface area (Å²) in [6.45, 7) is 0. The topological polar surface area (TPSA) is 99.5 Å². The van der Waals surface area contributed by atoms with Gasteiger partial charge in [-0.25, -0.2) is 4.98 Å². The first-order chi connectivity index (χ1) is 16.7. The zero-order valence-corrected chi connectivity index (χ0v) is 18.7. The Morgan fingerprint density at radius 3 is 2.60 bits per heavy atom. The van der Waals surface area contributed by atoms with Crippen LogP contribution in [0, 0.1) is 0 Å². The molecule has 5 aromatic rings. The van der Waals surface area contributed by atoms with E-state index in [1.54, 1.807) is 28.4 Å². The fourth-order valence-electron chi connectivity index (χ4n) is 3.69. The van der Waals surface area contributed by atoms with E-state index < -0.39 is 6.36 Å². The quantitative estimate of drug-likeness (QED) is 0.353. The number of aldehydes is 1. The molecule has 8 nitrogen and oxygen atoms in total. The Kier molecular flexibility index (Phi) is 6.32. The summed E-state index contributed by atoms with van der Waals surface area (Å²) in [5.41, 5.74) is 10.8. The lowest BCUT2D eigenvalue weighted by Crippen LogP contribution is -2.17. The van der Waals surface area contributed by atoms with Gasteiger partial charge < -0.3 is 15.8 Å². The van der Waals surface area contributed by atoms with E-state index >= 15 is 0 Å². The SMILES string of the molecule is CNc1cccc(OC(F)(F)F)c1.Cn1nc(N)c2c(-c3ccn4c(C=O)cnc4c3)cccc21. The number of fused-ring (bicyclic) bond motifs is 2. The van der Waals surface area contributed by atoms with Crippen LogP contribution in [0.25, 0.3) is 27.7 Å². The molecule has 3 aromatic heterocycles. The number of hydrogen-bond donors (Lipinski definition) is 2. The van der Waals surface area contributed by atoms with Gasteiger partial charge in [0.1, 0.15) is 17.1 Å². The van der Waals surface area contributed by atoms with Crippen molar-refractivity contribution < 1.29 is 22.7 Å². The molecule has 2 aromatic carbocycles. The van der Waals surface area contributed by atoms with E-state index in [1.165, 1.54) is 18.2 Å². The van der Waals surface area contributed by atoms with Crippen LogP contribution in [-0.4, -0.2) is 38.9 Å². The summed E-state index contributed by atoms with van der Waals surface area (Å²) in [6.07, 6.45) is -0.441. The summed E-state index contributed by atoms with van der Waals surface area (Å²) >= 11 is 0. The van der Waals surface area contributed by atoms with Crippen molar-refractivity contribution in [2.24, 2.45) is 7.05 Å². The molecule has 0 spiro atoms. The molecule has 0 saturated heterocycles. The Balaban J connectivity index is 0.000000191. The highest BCUT2D eigenvalue weighted by atomic mass is 19.4. The van der Waals surface area contributed by atoms with Crippen LogP contribution in [0.4, 0.5) is 24.7 Å². The van der Waals surface area contributed by atoms with Crippen LogP contribution in [-0.2, 0) is 7.05 Å². The number of aromatic nitrogens is 4. The molecule has 0 aliphatic carbocycles. The van der Waals surface area contributed by atoms with Crippen molar-refractivity contribution in [1.29, 1.82) is 0 Å². The highest BCUT2D eigenvalue weighted by Crippen LogP contribution is 2.32. The van der Waals surface area contributed by atoms with E-state index in [1.807, 2.05) is 43.6 Å². The van der Waals surface area contributed by atoms with Gasteiger partial charge in [-0.2, -0.15) is 5.10 Å². The molecule has 0 bridgehead atoms. The number of alkyl halides is 3. The van der Waals surface area contributed by atoms with Crippen LogP contribution in [0.5, 0.6) is 5.75 Å². The van der Waals surface area contributed by atoms with E-state index in [4.69, 9.17) is 5.73 Å². The molecule has 0 aliphatic heterocycles. The Morgan fingerprint density at radius 2 is 1.89 bits per heavy atom. The minimum Gasteiger partial charge on any atom is -0.406 e. The summed E-state index contributed by atoms with van der Waals surface area (Å²) < 4.78 is 42.4. The lowest BCUT2D eigenvalue weighted by Gasteiger charge is -2.09. The summed E-state index contributed by atoms with van der Waals surface area (Å²) in [5, 5.41) is 7.92. The zero-order valence-electron chi connectivity index (χ0n) is 18.7. The number of nitrogens with one attached hydrogen (secondary N) is 1. The van der Waals surface area contributed by atoms with Gasteiger partial charge in [0.25, 0.3) is 0 Å². The van der Waals surface area contributed by atoms with Crippen LogP contribution in [0.1, 0.15) is 10.5 Å². The van der Waals surface area contributed by atoms with E-state index in [0.29, 0.717) is 17.2 Å². The molecule has 0 unspecified atom stereocenters. The second kappa shape index (κ2) is 9.37. The number of nitrogens with zero attached hydrogens (tertiary/aromatic N) is 4. The van der Waals surface area contributed by atoms with Gasteiger partial charge in [-0.3, -0.25) is 13.9 Å². The molecule has 0 radical (unpaired) electrons. The third kappa shape index (κ3) is 5.03. The molecule has 3 heterocycles. The molecule has 0 saturated carbocycles. The lowest BCUT2D eigenvalue weighted by atomic mass is 10.0. The molecule has 0 fully saturated rings. The normalized spacial score (nSPS) is 11.2. The molecule has 5 rings (SSSR count). The number of ether oxygens (including phenoxy) is 1. The van der Waals surface area contributed by atoms with Crippen LogP contribution < -0.4 is 15.8 Å². The Hall–Kier alpha value is -4.54. The Morgan fingerprint density at radius 1 is 1.11 bits per heavy atom. The second-order valence-corrected chi connectivity index (χ2v) is 7.48. The summed E-state index contributed by atoms with van der Waals surface area (Å²) in [7, 11) is 3.49. The average Bonchev–Trinajstić information content (AvgIpc) is 3.38. The maximum absolute atomic E-state index is 11.7. The molecule has 11 heteroatoms. The van der Waals surface area contributed by atoms with E-state index in [0.717, 1.165) is 34.0 Å². The lowest BCUT2D eigenvalue weighted by molar-refractivity contribution is -0.274. The molecule has 180 valence electrons. The first-order valence-corrected chi connectivity index (χ1v) is 10.4. The number of hydrogen-bond acceptors (Lipinski definition) is 6. The van der Waals surface area contributed by atoms with E-state index in [2.05, 4.69) is 20.1 Å². The number of nitrogen functional groups attached to an aromatic ring is 1. The average molecular weight is 482 g/mol. The molecule has 0 aliphatic rings. The van der Waals surface area contributed by atoms with Gasteiger partial charge in [-0.15, -0.1) is 13.2 Å². The highest BCUT2D eigenvalue weighted by molar-refractivity contribution is 6.02. The summed E-state index contributed by atoms with van der Waals surface area (Å²) in [5.74, 6) is 0.282. The van der Waals surface area contributed by atoms with Crippen molar-refractivity contribution >= 4 is 34.3 Å². The Bertz CT molecular complexity index is 1510. The van der Waals surface area contributed by atoms with Gasteiger partial charge in [0, 0.05) is 32.0 Å². The number of pyridine rings is 1. The molecule has 0 atom stereocenters. The van der Waals surface area contributed by atoms with Crippen molar-refractivity contribution in [2.45, 2.75) is 6.36 Å². The predicted octanol–water partition coefficient (Wildman–Crippen LogP) is 4.91. The number of halogens is 3. The zero-order chi connectivity index (χ0) is 25.2. The number of nitrogens with two attached hydrogens (primary N) is 1. The van der Waals surface area contributed by atoms with Crippen molar-refractivity contribution in [3.63, 3.8) is 0 Å². The standard InChI is InChI=1S/C16H13N5O.C8H8F3NO/c1-20-13-4-2-3-12(15(13)16(17)19-20)10-5-6-21-11(9-22)8-18-14(21)7-10;1-12-6-3-2-4-7(5-6)13-8(9,10)11/h2-9H,1H3,(H2,17,19);2-5,12H,1H3. The number of aryl methyl sites for hydroxylation is 1. The van der Waals surface area contributed by atoms with Gasteiger partial charge in [0.15, 0.2) is 12.1 Å². The minimum absolute atomic E-state index is 0.223. The Labute approximate surface area is 197 Å². The maximum Gasteiger partial charge on any atom is 0.573 e. The summed E-state index contributed by atoms with van der Waals surface area (Å²) in [6, 6.07) is 15.5. The van der Waals surface area contributed by atoms with E-state index in [9.17, 15) is 18.0 Å². The monoisotopic (exact) mass is 482 g/mol. The fraction of sp³-hybridized carbons (Fsp3) is 0.125. The minimum atomic E-state index is -4.63. The van der Waals surface area contributed by atoms with Gasteiger partial charge >= 0.3 is 6.36 Å². The van der Waals surface area contributed by atoms with Crippen molar-refractivity contribution in [2.75, 3.05) is 18.1 Å². The third-order valence-corrected chi connectivity index (χ3v) is 5.23. The highest BCUT2D eigenvalue weighted by Gasteiger charge is 2.31. The fourth-order valence-corrected chi connectivity index (χ4v) is 3.69. The maximum atomic E-state index is 11.7. The van der Waals surface area contributed by atoms with Gasteiger partial charge in [0.2, 0.25) is 0 Å². The largest absolute Gasteiger partial charge is 0.573 e. The molecular weight excluding hydrogens is 461 g/mol. The van der Waals surface area contributed by atoms with Gasteiger partial charge in [-0.05, 0) is 41.5 Å². The predicted molar refractivity (Wildman–Crippen MR) is 127 cm³/mol. The molecule has 35 heavy (non-hydrogen) atoms. The number of anilines is 2. The van der Waals surface area contributed by atoms with Crippen LogP contribution in [0.15, 0.2) is 67.0 Å². The number of rotatable bonds is 4. The number of imidazole rings is 1. The number of carbonyl (C=O) groups excluding carboxylic acids is 1. The van der Waals surface area contributed by atoms with Crippen LogP contribution >= 0.6 is 0 Å². The van der Waals surface area contributed by atoms with Crippen molar-refractivity contribution in [1.82, 2.24) is 19.2 Å². The first-order valence-electron chi connectivity index (χ1n) is 10.4. The van der Waals surface area contributed by atoms with Crippen molar-refractivity contribution in [3.8, 4) is 16.9 Å². The second-order valence-electron chi connectivity index (χ2n) is 7.48. The van der Waals surface area contributed by atoms with Crippen molar-refractivity contribution in [3.05, 3.63) is 72.7 Å². The molecule has 3 N–H and O–H groups in total. The number of carbonyl (C=O) groups is 1. The number of benzene rings is 2. The third-order valence-electron chi connectivity index (χ3n) is 5.23. The molecular formula is C24H21F3N6O2. The molecule has 0 amide bonds. The smallest absolute Gasteiger partial charge is 0.406 e. The van der Waals surface area contributed by atoms with Gasteiger partial charge in [-0.1, -0.05) is 18.2 Å². The van der Waals surface area contributed by atoms with Crippen LogP contribution in [0.2, 0.25) is 0 Å². The first kappa shape index (κ1) is 23.6. The van der Waals surface area contributed by atoms with Crippen LogP contribution in [0.3, 0.4) is 0 Å². The van der Waals surface area contributed by atoms with Gasteiger partial charge in [0.05, 0.1) is 17.1 Å².